The maximum absolute atomic E-state index is 11.1. The molecule has 0 aliphatic heterocycles. The van der Waals surface area contributed by atoms with Crippen LogP contribution in [0.2, 0.25) is 0 Å². The van der Waals surface area contributed by atoms with E-state index in [-0.39, 0.29) is 12.3 Å². The Morgan fingerprint density at radius 1 is 1.35 bits per heavy atom. The fourth-order valence-electron chi connectivity index (χ4n) is 0.865. The highest BCUT2D eigenvalue weighted by Crippen LogP contribution is 1.99. The van der Waals surface area contributed by atoms with Gasteiger partial charge in [0.15, 0.2) is 0 Å². The zero-order valence-electron chi connectivity index (χ0n) is 11.5. The summed E-state index contributed by atoms with van der Waals surface area (Å²) in [5.41, 5.74) is 0. The maximum Gasteiger partial charge on any atom is 0.228 e. The van der Waals surface area contributed by atoms with E-state index in [1.165, 1.54) is 0 Å². The van der Waals surface area contributed by atoms with Crippen LogP contribution in [0.3, 0.4) is 0 Å². The Kier molecular flexibility index (Phi) is 14.9. The summed E-state index contributed by atoms with van der Waals surface area (Å²) in [6, 6.07) is 3.53. The van der Waals surface area contributed by atoms with E-state index in [1.807, 2.05) is 27.7 Å². The first-order chi connectivity index (χ1) is 8.33. The largest absolute Gasteiger partial charge is 0.469 e. The van der Waals surface area contributed by atoms with E-state index in [0.717, 1.165) is 0 Å². The number of furan rings is 1. The van der Waals surface area contributed by atoms with Crippen LogP contribution in [0.4, 0.5) is 0 Å². The number of hydrogen-bond donors (Lipinski definition) is 1. The molecule has 17 heavy (non-hydrogen) atoms. The lowest BCUT2D eigenvalue weighted by molar-refractivity contribution is -0.120. The van der Waals surface area contributed by atoms with E-state index in [2.05, 4.69) is 17.2 Å². The average Bonchev–Trinajstić information content (AvgIpc) is 2.87. The van der Waals surface area contributed by atoms with E-state index in [0.29, 0.717) is 12.3 Å². The zero-order chi connectivity index (χ0) is 13.5. The van der Waals surface area contributed by atoms with Crippen LogP contribution in [0.1, 0.15) is 40.4 Å². The molecule has 0 radical (unpaired) electrons. The molecule has 96 valence electrons. The van der Waals surface area contributed by atoms with Crippen LogP contribution >= 0.6 is 0 Å². The molecule has 0 spiro atoms. The smallest absolute Gasteiger partial charge is 0.228 e. The van der Waals surface area contributed by atoms with Gasteiger partial charge in [-0.05, 0) is 19.1 Å². The summed E-state index contributed by atoms with van der Waals surface area (Å²) < 4.78 is 5.01. The van der Waals surface area contributed by atoms with Gasteiger partial charge in [0.05, 0.1) is 19.2 Å². The summed E-state index contributed by atoms with van der Waals surface area (Å²) in [5, 5.41) is 2.65. The van der Waals surface area contributed by atoms with Gasteiger partial charge in [0.2, 0.25) is 5.91 Å². The molecular formula is C14H23NO2. The van der Waals surface area contributed by atoms with E-state index in [9.17, 15) is 4.79 Å². The number of carbonyl (C=O) groups excluding carboxylic acids is 1. The Hall–Kier alpha value is -1.69. The Morgan fingerprint density at radius 3 is 2.47 bits per heavy atom. The van der Waals surface area contributed by atoms with Crippen LogP contribution in [0, 0.1) is 11.8 Å². The highest BCUT2D eigenvalue weighted by Gasteiger charge is 2.02. The summed E-state index contributed by atoms with van der Waals surface area (Å²) in [6.45, 7) is 10.1. The van der Waals surface area contributed by atoms with E-state index >= 15 is 0 Å². The highest BCUT2D eigenvalue weighted by molar-refractivity contribution is 5.78. The summed E-state index contributed by atoms with van der Waals surface area (Å²) in [7, 11) is 0. The topological polar surface area (TPSA) is 42.2 Å². The minimum atomic E-state index is -0.0716. The van der Waals surface area contributed by atoms with Crippen molar-refractivity contribution in [2.24, 2.45) is 0 Å². The molecule has 0 unspecified atom stereocenters. The van der Waals surface area contributed by atoms with Crippen molar-refractivity contribution in [3.63, 3.8) is 0 Å². The Labute approximate surface area is 105 Å². The molecule has 1 rings (SSSR count). The molecular weight excluding hydrogens is 214 g/mol. The van der Waals surface area contributed by atoms with Crippen molar-refractivity contribution < 1.29 is 9.21 Å². The van der Waals surface area contributed by atoms with Crippen LogP contribution in [0.15, 0.2) is 22.8 Å². The summed E-state index contributed by atoms with van der Waals surface area (Å²) in [4.78, 5) is 11.1. The molecule has 1 aromatic rings. The Balaban J connectivity index is 0. The van der Waals surface area contributed by atoms with Crippen LogP contribution in [0.25, 0.3) is 0 Å². The molecule has 0 aliphatic rings. The summed E-state index contributed by atoms with van der Waals surface area (Å²) >= 11 is 0. The molecule has 3 nitrogen and oxygen atoms in total. The molecule has 1 aromatic heterocycles. The van der Waals surface area contributed by atoms with Gasteiger partial charge in [-0.2, -0.15) is 0 Å². The van der Waals surface area contributed by atoms with Gasteiger partial charge in [-0.1, -0.05) is 33.6 Å². The fraction of sp³-hybridized carbons (Fsp3) is 0.500. The van der Waals surface area contributed by atoms with Crippen molar-refractivity contribution in [3.8, 4) is 11.8 Å². The number of carbonyl (C=O) groups is 1. The van der Waals surface area contributed by atoms with E-state index in [4.69, 9.17) is 4.42 Å². The van der Waals surface area contributed by atoms with Gasteiger partial charge in [0.25, 0.3) is 0 Å². The highest BCUT2D eigenvalue weighted by atomic mass is 16.3. The Morgan fingerprint density at radius 2 is 2.00 bits per heavy atom. The zero-order valence-corrected chi connectivity index (χ0v) is 11.5. The van der Waals surface area contributed by atoms with Gasteiger partial charge in [-0.3, -0.25) is 4.79 Å². The molecule has 1 N–H and O–H groups in total. The molecule has 1 amide bonds. The minimum absolute atomic E-state index is 0.0716. The van der Waals surface area contributed by atoms with Gasteiger partial charge in [-0.15, -0.1) is 5.92 Å². The van der Waals surface area contributed by atoms with Crippen molar-refractivity contribution in [1.82, 2.24) is 5.32 Å². The first-order valence-corrected chi connectivity index (χ1v) is 6.01. The maximum atomic E-state index is 11.1. The number of rotatable bonds is 3. The van der Waals surface area contributed by atoms with Gasteiger partial charge >= 0.3 is 0 Å². The molecule has 0 bridgehead atoms. The van der Waals surface area contributed by atoms with Gasteiger partial charge in [-0.25, -0.2) is 0 Å². The van der Waals surface area contributed by atoms with E-state index < -0.39 is 0 Å². The standard InChI is InChI=1S/C10H11NO2.2C2H6/c1-2-3-6-11-10(12)8-9-5-4-7-13-9;2*1-2/h4-5,7H,6,8H2,1H3,(H,11,12);2*1-2H3. The van der Waals surface area contributed by atoms with Crippen molar-refractivity contribution in [1.29, 1.82) is 0 Å². The lowest BCUT2D eigenvalue weighted by Gasteiger charge is -1.97. The van der Waals surface area contributed by atoms with Crippen LogP contribution < -0.4 is 5.32 Å². The summed E-state index contributed by atoms with van der Waals surface area (Å²) in [5.74, 6) is 6.04. The third kappa shape index (κ3) is 10.6. The van der Waals surface area contributed by atoms with Crippen molar-refractivity contribution in [2.75, 3.05) is 6.54 Å². The van der Waals surface area contributed by atoms with Crippen LogP contribution in [-0.4, -0.2) is 12.5 Å². The Bertz CT molecular complexity index is 318. The second-order valence-electron chi connectivity index (χ2n) is 2.46. The second kappa shape index (κ2) is 14.3. The predicted octanol–water partition coefficient (Wildman–Crippen LogP) is 3.01. The third-order valence-electron chi connectivity index (χ3n) is 1.47. The average molecular weight is 237 g/mol. The second-order valence-corrected chi connectivity index (χ2v) is 2.46. The van der Waals surface area contributed by atoms with Crippen LogP contribution in [-0.2, 0) is 11.2 Å². The van der Waals surface area contributed by atoms with Crippen molar-refractivity contribution >= 4 is 5.91 Å². The molecule has 1 heterocycles. The fourth-order valence-corrected chi connectivity index (χ4v) is 0.865. The molecule has 0 saturated carbocycles. The lowest BCUT2D eigenvalue weighted by atomic mass is 10.3. The lowest BCUT2D eigenvalue weighted by Crippen LogP contribution is -2.25. The normalized spacial score (nSPS) is 7.35. The van der Waals surface area contributed by atoms with Gasteiger partial charge < -0.3 is 9.73 Å². The van der Waals surface area contributed by atoms with Crippen molar-refractivity contribution in [2.45, 2.75) is 41.0 Å². The summed E-state index contributed by atoms with van der Waals surface area (Å²) in [6.07, 6.45) is 1.83. The molecule has 0 aromatic carbocycles. The quantitative estimate of drug-likeness (QED) is 0.821. The first-order valence-electron chi connectivity index (χ1n) is 6.01. The van der Waals surface area contributed by atoms with Gasteiger partial charge in [0.1, 0.15) is 5.76 Å². The molecule has 0 aliphatic carbocycles. The SMILES string of the molecule is CC.CC.CC#CCNC(=O)Cc1ccco1. The first kappa shape index (κ1) is 17.7. The predicted molar refractivity (Wildman–Crippen MR) is 71.6 cm³/mol. The van der Waals surface area contributed by atoms with Gasteiger partial charge in [0, 0.05) is 0 Å². The molecule has 0 fully saturated rings. The molecule has 0 saturated heterocycles. The monoisotopic (exact) mass is 237 g/mol. The number of amides is 1. The molecule has 3 heteroatoms. The van der Waals surface area contributed by atoms with Crippen LogP contribution in [0.5, 0.6) is 0 Å². The van der Waals surface area contributed by atoms with Crippen molar-refractivity contribution in [3.05, 3.63) is 24.2 Å². The molecule has 0 atom stereocenters. The third-order valence-corrected chi connectivity index (χ3v) is 1.47. The minimum Gasteiger partial charge on any atom is -0.469 e. The number of nitrogens with one attached hydrogen (secondary N) is 1. The number of hydrogen-bond acceptors (Lipinski definition) is 2. The van der Waals surface area contributed by atoms with E-state index in [1.54, 1.807) is 25.3 Å².